The SMILES string of the molecule is C=C[Si](C)(C)C[Si](C)(O[Si](C)(C)C)O[Si](C)(C)C. The summed E-state index contributed by atoms with van der Waals surface area (Å²) in [7, 11) is -6.57. The normalized spacial score (nSPS) is 14.7. The summed E-state index contributed by atoms with van der Waals surface area (Å²) in [6, 6.07) is 0. The molecule has 0 N–H and O–H groups in total. The van der Waals surface area contributed by atoms with Crippen molar-refractivity contribution in [2.24, 2.45) is 0 Å². The Balaban J connectivity index is 5.10. The summed E-state index contributed by atoms with van der Waals surface area (Å²) in [6.07, 6.45) is 0. The highest BCUT2D eigenvalue weighted by atomic mass is 28.5. The highest BCUT2D eigenvalue weighted by Gasteiger charge is 2.43. The van der Waals surface area contributed by atoms with Gasteiger partial charge in [-0.1, -0.05) is 13.1 Å². The van der Waals surface area contributed by atoms with Crippen LogP contribution in [0.3, 0.4) is 0 Å². The van der Waals surface area contributed by atoms with Crippen molar-refractivity contribution < 1.29 is 8.23 Å². The van der Waals surface area contributed by atoms with Gasteiger partial charge in [0.15, 0.2) is 16.6 Å². The van der Waals surface area contributed by atoms with Crippen LogP contribution in [0.25, 0.3) is 0 Å². The van der Waals surface area contributed by atoms with Crippen molar-refractivity contribution in [2.45, 2.75) is 64.6 Å². The average Bonchev–Trinajstić information content (AvgIpc) is 1.93. The van der Waals surface area contributed by atoms with Crippen LogP contribution in [-0.2, 0) is 8.23 Å². The fourth-order valence-electron chi connectivity index (χ4n) is 2.29. The monoisotopic (exact) mass is 320 g/mol. The molecule has 0 spiro atoms. The van der Waals surface area contributed by atoms with Gasteiger partial charge in [-0.25, -0.2) is 0 Å². The first-order valence-corrected chi connectivity index (χ1v) is 19.3. The second-order valence-corrected chi connectivity index (χ2v) is 26.1. The molecule has 0 aromatic carbocycles. The van der Waals surface area contributed by atoms with Gasteiger partial charge in [0.2, 0.25) is 0 Å². The van der Waals surface area contributed by atoms with Crippen molar-refractivity contribution in [2.75, 3.05) is 0 Å². The number of hydrogen-bond acceptors (Lipinski definition) is 2. The molecular formula is C12H32O2Si4. The summed E-state index contributed by atoms with van der Waals surface area (Å²) in [5.74, 6) is 0. The Kier molecular flexibility index (Phi) is 6.06. The van der Waals surface area contributed by atoms with Gasteiger partial charge in [-0.15, -0.1) is 12.3 Å². The van der Waals surface area contributed by atoms with E-state index in [0.29, 0.717) is 0 Å². The van der Waals surface area contributed by atoms with Crippen LogP contribution in [0.4, 0.5) is 0 Å². The largest absolute Gasteiger partial charge is 0.437 e. The van der Waals surface area contributed by atoms with Crippen LogP contribution in [0.2, 0.25) is 64.6 Å². The van der Waals surface area contributed by atoms with Crippen molar-refractivity contribution in [3.05, 3.63) is 12.3 Å². The van der Waals surface area contributed by atoms with Crippen LogP contribution in [0.5, 0.6) is 0 Å². The zero-order valence-electron chi connectivity index (χ0n) is 13.8. The van der Waals surface area contributed by atoms with Crippen molar-refractivity contribution >= 4 is 33.3 Å². The van der Waals surface area contributed by atoms with Crippen molar-refractivity contribution in [1.82, 2.24) is 0 Å². The third-order valence-electron chi connectivity index (χ3n) is 2.37. The second kappa shape index (κ2) is 5.88. The van der Waals surface area contributed by atoms with E-state index in [4.69, 9.17) is 8.23 Å². The first kappa shape index (κ1) is 18.5. The molecule has 0 aliphatic rings. The summed E-state index contributed by atoms with van der Waals surface area (Å²) in [6.45, 7) is 24.5. The molecule has 6 heteroatoms. The van der Waals surface area contributed by atoms with Gasteiger partial charge in [-0.3, -0.25) is 0 Å². The van der Waals surface area contributed by atoms with Gasteiger partial charge >= 0.3 is 8.56 Å². The van der Waals surface area contributed by atoms with E-state index in [1.807, 2.05) is 0 Å². The molecule has 0 heterocycles. The lowest BCUT2D eigenvalue weighted by Crippen LogP contribution is -2.56. The van der Waals surface area contributed by atoms with Gasteiger partial charge in [0.1, 0.15) is 0 Å². The summed E-state index contributed by atoms with van der Waals surface area (Å²) in [4.78, 5) is 0. The molecule has 0 unspecified atom stereocenters. The van der Waals surface area contributed by atoms with Gasteiger partial charge in [-0.05, 0) is 51.5 Å². The molecule has 0 amide bonds. The Bertz CT molecular complexity index is 273. The van der Waals surface area contributed by atoms with Gasteiger partial charge in [0, 0.05) is 0 Å². The van der Waals surface area contributed by atoms with Crippen LogP contribution < -0.4 is 0 Å². The third-order valence-corrected chi connectivity index (χ3v) is 18.0. The number of rotatable bonds is 7. The molecule has 0 atom stereocenters. The van der Waals surface area contributed by atoms with E-state index in [2.05, 4.69) is 71.2 Å². The Hall–Kier alpha value is 0.528. The molecule has 0 aromatic rings. The molecule has 0 aromatic heterocycles. The molecule has 0 aliphatic carbocycles. The van der Waals surface area contributed by atoms with Crippen LogP contribution in [0.15, 0.2) is 12.3 Å². The summed E-state index contributed by atoms with van der Waals surface area (Å²) < 4.78 is 13.0. The molecule has 0 bridgehead atoms. The summed E-state index contributed by atoms with van der Waals surface area (Å²) >= 11 is 0. The van der Waals surface area contributed by atoms with E-state index in [-0.39, 0.29) is 0 Å². The molecule has 18 heavy (non-hydrogen) atoms. The Morgan fingerprint density at radius 2 is 1.11 bits per heavy atom. The molecule has 0 fully saturated rings. The maximum Gasteiger partial charge on any atom is 0.311 e. The van der Waals surface area contributed by atoms with Gasteiger partial charge in [-0.2, -0.15) is 0 Å². The average molecular weight is 321 g/mol. The topological polar surface area (TPSA) is 18.5 Å². The van der Waals surface area contributed by atoms with E-state index < -0.39 is 33.3 Å². The van der Waals surface area contributed by atoms with Crippen LogP contribution in [-0.4, -0.2) is 33.3 Å². The summed E-state index contributed by atoms with van der Waals surface area (Å²) in [5.41, 5.74) is 3.29. The zero-order chi connectivity index (χ0) is 14.8. The van der Waals surface area contributed by atoms with Crippen LogP contribution >= 0.6 is 0 Å². The lowest BCUT2D eigenvalue weighted by molar-refractivity contribution is 0.391. The minimum absolute atomic E-state index is 1.12. The van der Waals surface area contributed by atoms with E-state index in [9.17, 15) is 0 Å². The highest BCUT2D eigenvalue weighted by molar-refractivity contribution is 6.98. The molecular weight excluding hydrogens is 288 g/mol. The van der Waals surface area contributed by atoms with E-state index in [1.165, 1.54) is 0 Å². The van der Waals surface area contributed by atoms with Crippen LogP contribution in [0, 0.1) is 0 Å². The Morgan fingerprint density at radius 3 is 1.33 bits per heavy atom. The first-order valence-electron chi connectivity index (χ1n) is 6.72. The first-order chi connectivity index (χ1) is 7.68. The zero-order valence-corrected chi connectivity index (χ0v) is 17.8. The van der Waals surface area contributed by atoms with Gasteiger partial charge in [0.05, 0.1) is 8.07 Å². The molecule has 2 nitrogen and oxygen atoms in total. The second-order valence-electron chi connectivity index (χ2n) is 7.93. The van der Waals surface area contributed by atoms with Gasteiger partial charge in [0.25, 0.3) is 0 Å². The minimum atomic E-state index is -2.06. The van der Waals surface area contributed by atoms with E-state index >= 15 is 0 Å². The standard InChI is InChI=1S/C12H32O2Si4/c1-11-17(8,9)12-18(10,13-15(2,3)4)14-16(5,6)7/h11H,1,12H2,2-10H3. The lowest BCUT2D eigenvalue weighted by atomic mass is 11.3. The van der Waals surface area contributed by atoms with E-state index in [0.717, 1.165) is 5.67 Å². The van der Waals surface area contributed by atoms with Crippen molar-refractivity contribution in [3.8, 4) is 0 Å². The highest BCUT2D eigenvalue weighted by Crippen LogP contribution is 2.28. The smallest absolute Gasteiger partial charge is 0.311 e. The van der Waals surface area contributed by atoms with Crippen molar-refractivity contribution in [3.63, 3.8) is 0 Å². The molecule has 108 valence electrons. The van der Waals surface area contributed by atoms with E-state index in [1.54, 1.807) is 0 Å². The lowest BCUT2D eigenvalue weighted by Gasteiger charge is -2.41. The number of hydrogen-bond donors (Lipinski definition) is 0. The molecule has 0 rings (SSSR count). The Labute approximate surface area is 118 Å². The predicted octanol–water partition coefficient (Wildman–Crippen LogP) is 4.73. The van der Waals surface area contributed by atoms with Crippen molar-refractivity contribution in [1.29, 1.82) is 0 Å². The molecule has 0 radical (unpaired) electrons. The maximum atomic E-state index is 6.52. The van der Waals surface area contributed by atoms with Crippen LogP contribution in [0.1, 0.15) is 0 Å². The molecule has 0 aliphatic heterocycles. The summed E-state index contributed by atoms with van der Waals surface area (Å²) in [5, 5.41) is 0. The minimum Gasteiger partial charge on any atom is -0.437 e. The quantitative estimate of drug-likeness (QED) is 0.631. The fourth-order valence-corrected chi connectivity index (χ4v) is 22.3. The van der Waals surface area contributed by atoms with Gasteiger partial charge < -0.3 is 8.23 Å². The predicted molar refractivity (Wildman–Crippen MR) is 93.0 cm³/mol. The fraction of sp³-hybridized carbons (Fsp3) is 0.833. The Morgan fingerprint density at radius 1 is 0.778 bits per heavy atom. The maximum absolute atomic E-state index is 6.52. The molecule has 0 saturated carbocycles. The molecule has 0 saturated heterocycles. The third kappa shape index (κ3) is 8.60.